The lowest BCUT2D eigenvalue weighted by molar-refractivity contribution is 0.0879. The van der Waals surface area contributed by atoms with Crippen LogP contribution in [0.3, 0.4) is 0 Å². The van der Waals surface area contributed by atoms with E-state index in [0.29, 0.717) is 11.7 Å². The smallest absolute Gasteiger partial charge is 0.297 e. The van der Waals surface area contributed by atoms with Gasteiger partial charge in [0, 0.05) is 20.2 Å². The van der Waals surface area contributed by atoms with E-state index in [9.17, 15) is 0 Å². The van der Waals surface area contributed by atoms with Crippen LogP contribution in [0.2, 0.25) is 0 Å². The van der Waals surface area contributed by atoms with Gasteiger partial charge in [0.2, 0.25) is 0 Å². The van der Waals surface area contributed by atoms with Crippen LogP contribution < -0.4 is 4.90 Å². The van der Waals surface area contributed by atoms with E-state index in [1.807, 2.05) is 0 Å². The van der Waals surface area contributed by atoms with Crippen LogP contribution in [-0.4, -0.2) is 36.4 Å². The van der Waals surface area contributed by atoms with Crippen LogP contribution in [0.1, 0.15) is 18.5 Å². The number of methoxy groups -OCH3 is 1. The molecule has 2 heterocycles. The van der Waals surface area contributed by atoms with Gasteiger partial charge in [-0.2, -0.15) is 4.98 Å². The normalized spacial score (nSPS) is 22.0. The summed E-state index contributed by atoms with van der Waals surface area (Å²) in [7, 11) is 1.73. The lowest BCUT2D eigenvalue weighted by Crippen LogP contribution is -2.39. The molecule has 1 fully saturated rings. The van der Waals surface area contributed by atoms with Gasteiger partial charge in [0.15, 0.2) is 0 Å². The standard InChI is InChI=1S/C10H16N2O3/c1-14-9-3-2-4-12(5-9)10-11-8(6-13)7-15-10/h7,9,13H,2-6H2,1H3. The van der Waals surface area contributed by atoms with Gasteiger partial charge in [-0.15, -0.1) is 0 Å². The number of hydrogen-bond acceptors (Lipinski definition) is 5. The van der Waals surface area contributed by atoms with Crippen LogP contribution >= 0.6 is 0 Å². The minimum atomic E-state index is -0.0783. The molecule has 1 aliphatic heterocycles. The molecule has 1 aromatic heterocycles. The summed E-state index contributed by atoms with van der Waals surface area (Å²) in [5.74, 6) is 0. The van der Waals surface area contributed by atoms with Crippen LogP contribution in [-0.2, 0) is 11.3 Å². The second-order valence-electron chi connectivity index (χ2n) is 3.73. The highest BCUT2D eigenvalue weighted by molar-refractivity contribution is 5.28. The highest BCUT2D eigenvalue weighted by Crippen LogP contribution is 2.20. The Morgan fingerprint density at radius 2 is 2.60 bits per heavy atom. The third kappa shape index (κ3) is 2.30. The molecule has 1 unspecified atom stereocenters. The number of piperidine rings is 1. The Morgan fingerprint density at radius 3 is 3.27 bits per heavy atom. The monoisotopic (exact) mass is 212 g/mol. The van der Waals surface area contributed by atoms with Crippen molar-refractivity contribution in [3.05, 3.63) is 12.0 Å². The van der Waals surface area contributed by atoms with E-state index in [1.165, 1.54) is 6.26 Å². The molecule has 15 heavy (non-hydrogen) atoms. The van der Waals surface area contributed by atoms with Crippen molar-refractivity contribution >= 4 is 6.01 Å². The number of oxazole rings is 1. The molecule has 1 N–H and O–H groups in total. The molecule has 1 saturated heterocycles. The molecule has 0 radical (unpaired) electrons. The first kappa shape index (κ1) is 10.4. The maximum atomic E-state index is 8.88. The Bertz CT molecular complexity index is 313. The fraction of sp³-hybridized carbons (Fsp3) is 0.700. The maximum absolute atomic E-state index is 8.88. The van der Waals surface area contributed by atoms with Gasteiger partial charge < -0.3 is 19.2 Å². The van der Waals surface area contributed by atoms with Crippen molar-refractivity contribution in [2.24, 2.45) is 0 Å². The molecule has 1 atom stereocenters. The number of aliphatic hydroxyl groups excluding tert-OH is 1. The number of aliphatic hydroxyl groups is 1. The van der Waals surface area contributed by atoms with Crippen LogP contribution in [0, 0.1) is 0 Å². The van der Waals surface area contributed by atoms with Crippen LogP contribution in [0.4, 0.5) is 6.01 Å². The fourth-order valence-corrected chi connectivity index (χ4v) is 1.82. The average Bonchev–Trinajstić information content (AvgIpc) is 2.78. The number of aromatic nitrogens is 1. The zero-order valence-electron chi connectivity index (χ0n) is 8.85. The number of rotatable bonds is 3. The quantitative estimate of drug-likeness (QED) is 0.802. The van der Waals surface area contributed by atoms with Gasteiger partial charge in [-0.25, -0.2) is 0 Å². The van der Waals surface area contributed by atoms with Gasteiger partial charge in [-0.3, -0.25) is 0 Å². The first-order valence-electron chi connectivity index (χ1n) is 5.16. The summed E-state index contributed by atoms with van der Waals surface area (Å²) in [6.07, 6.45) is 3.91. The van der Waals surface area contributed by atoms with Crippen molar-refractivity contribution in [3.63, 3.8) is 0 Å². The van der Waals surface area contributed by atoms with E-state index >= 15 is 0 Å². The second kappa shape index (κ2) is 4.63. The van der Waals surface area contributed by atoms with Crippen molar-refractivity contribution in [1.82, 2.24) is 4.98 Å². The summed E-state index contributed by atoms with van der Waals surface area (Å²) in [4.78, 5) is 6.23. The summed E-state index contributed by atoms with van der Waals surface area (Å²) >= 11 is 0. The molecule has 1 aromatic rings. The number of ether oxygens (including phenoxy) is 1. The zero-order valence-corrected chi connectivity index (χ0v) is 8.85. The number of nitrogens with zero attached hydrogens (tertiary/aromatic N) is 2. The molecule has 1 aliphatic rings. The third-order valence-electron chi connectivity index (χ3n) is 2.68. The molecular formula is C10H16N2O3. The predicted octanol–water partition coefficient (Wildman–Crippen LogP) is 0.782. The molecule has 5 heteroatoms. The number of hydrogen-bond donors (Lipinski definition) is 1. The van der Waals surface area contributed by atoms with E-state index in [0.717, 1.165) is 25.9 Å². The minimum absolute atomic E-state index is 0.0783. The highest BCUT2D eigenvalue weighted by Gasteiger charge is 2.22. The minimum Gasteiger partial charge on any atom is -0.432 e. The SMILES string of the molecule is COC1CCCN(c2nc(CO)co2)C1. The highest BCUT2D eigenvalue weighted by atomic mass is 16.5. The first-order chi connectivity index (χ1) is 7.33. The topological polar surface area (TPSA) is 58.7 Å². The molecule has 84 valence electrons. The summed E-state index contributed by atoms with van der Waals surface area (Å²) in [6.45, 7) is 1.66. The third-order valence-corrected chi connectivity index (χ3v) is 2.68. The molecule has 0 spiro atoms. The van der Waals surface area contributed by atoms with E-state index in [2.05, 4.69) is 9.88 Å². The van der Waals surface area contributed by atoms with Crippen molar-refractivity contribution in [2.45, 2.75) is 25.6 Å². The Labute approximate surface area is 88.7 Å². The summed E-state index contributed by atoms with van der Waals surface area (Å²) in [5, 5.41) is 8.88. The fourth-order valence-electron chi connectivity index (χ4n) is 1.82. The van der Waals surface area contributed by atoms with Gasteiger partial charge in [-0.1, -0.05) is 0 Å². The Hall–Kier alpha value is -1.07. The van der Waals surface area contributed by atoms with E-state index < -0.39 is 0 Å². The molecule has 2 rings (SSSR count). The molecule has 0 saturated carbocycles. The van der Waals surface area contributed by atoms with Crippen LogP contribution in [0.5, 0.6) is 0 Å². The van der Waals surface area contributed by atoms with Crippen molar-refractivity contribution < 1.29 is 14.3 Å². The zero-order chi connectivity index (χ0) is 10.7. The molecule has 0 amide bonds. The molecular weight excluding hydrogens is 196 g/mol. The van der Waals surface area contributed by atoms with E-state index in [4.69, 9.17) is 14.3 Å². The Balaban J connectivity index is 2.03. The van der Waals surface area contributed by atoms with Crippen molar-refractivity contribution in [2.75, 3.05) is 25.1 Å². The second-order valence-corrected chi connectivity index (χ2v) is 3.73. The Morgan fingerprint density at radius 1 is 1.73 bits per heavy atom. The van der Waals surface area contributed by atoms with Gasteiger partial charge in [0.05, 0.1) is 12.7 Å². The molecule has 0 aromatic carbocycles. The van der Waals surface area contributed by atoms with Crippen molar-refractivity contribution in [3.8, 4) is 0 Å². The number of anilines is 1. The van der Waals surface area contributed by atoms with Crippen LogP contribution in [0.15, 0.2) is 10.7 Å². The Kier molecular flexibility index (Phi) is 3.23. The van der Waals surface area contributed by atoms with Crippen LogP contribution in [0.25, 0.3) is 0 Å². The summed E-state index contributed by atoms with van der Waals surface area (Å²) < 4.78 is 10.6. The summed E-state index contributed by atoms with van der Waals surface area (Å²) in [5.41, 5.74) is 0.574. The first-order valence-corrected chi connectivity index (χ1v) is 5.16. The van der Waals surface area contributed by atoms with Gasteiger partial charge in [0.1, 0.15) is 12.0 Å². The largest absolute Gasteiger partial charge is 0.432 e. The summed E-state index contributed by atoms with van der Waals surface area (Å²) in [6, 6.07) is 0.584. The van der Waals surface area contributed by atoms with Gasteiger partial charge in [-0.05, 0) is 12.8 Å². The lowest BCUT2D eigenvalue weighted by atomic mass is 10.1. The predicted molar refractivity (Wildman–Crippen MR) is 54.7 cm³/mol. The van der Waals surface area contributed by atoms with E-state index in [1.54, 1.807) is 7.11 Å². The van der Waals surface area contributed by atoms with Gasteiger partial charge >= 0.3 is 0 Å². The van der Waals surface area contributed by atoms with Crippen molar-refractivity contribution in [1.29, 1.82) is 0 Å². The van der Waals surface area contributed by atoms with Gasteiger partial charge in [0.25, 0.3) is 6.01 Å². The van der Waals surface area contributed by atoms with E-state index in [-0.39, 0.29) is 12.7 Å². The average molecular weight is 212 g/mol. The maximum Gasteiger partial charge on any atom is 0.297 e. The lowest BCUT2D eigenvalue weighted by Gasteiger charge is -2.30. The molecule has 0 aliphatic carbocycles. The molecule has 5 nitrogen and oxygen atoms in total. The molecule has 0 bridgehead atoms.